The minimum absolute atomic E-state index is 0.0378. The zero-order chi connectivity index (χ0) is 36.6. The fraction of sp³-hybridized carbons (Fsp3) is 0.474. The van der Waals surface area contributed by atoms with E-state index in [1.165, 1.54) is 6.07 Å². The summed E-state index contributed by atoms with van der Waals surface area (Å²) in [5, 5.41) is 46.5. The van der Waals surface area contributed by atoms with Gasteiger partial charge in [-0.05, 0) is 79.5 Å². The molecule has 9 nitrogen and oxygen atoms in total. The number of fused-ring (bicyclic) bond motifs is 3. The van der Waals surface area contributed by atoms with Crippen LogP contribution < -0.4 is 4.74 Å². The number of allylic oxidation sites excluding steroid dienone is 2. The molecule has 0 fully saturated rings. The van der Waals surface area contributed by atoms with Gasteiger partial charge in [0.05, 0.1) is 12.2 Å². The minimum Gasteiger partial charge on any atom is -0.511 e. The van der Waals surface area contributed by atoms with Gasteiger partial charge in [0.2, 0.25) is 11.6 Å². The highest BCUT2D eigenvalue weighted by Gasteiger charge is 2.71. The molecule has 49 heavy (non-hydrogen) atoms. The van der Waals surface area contributed by atoms with Crippen molar-refractivity contribution in [2.24, 2.45) is 22.7 Å². The topological polar surface area (TPSA) is 158 Å². The van der Waals surface area contributed by atoms with Gasteiger partial charge in [0, 0.05) is 35.7 Å². The molecule has 4 atom stereocenters. The number of aliphatic hydroxyl groups is 3. The Balaban J connectivity index is 1.70. The number of benzene rings is 2. The van der Waals surface area contributed by atoms with Crippen molar-refractivity contribution >= 4 is 23.1 Å². The summed E-state index contributed by atoms with van der Waals surface area (Å²) in [5.41, 5.74) is -4.58. The first-order valence-electron chi connectivity index (χ1n) is 16.4. The molecule has 0 spiro atoms. The van der Waals surface area contributed by atoms with E-state index in [-0.39, 0.29) is 37.0 Å². The van der Waals surface area contributed by atoms with Crippen LogP contribution in [-0.4, -0.2) is 61.7 Å². The van der Waals surface area contributed by atoms with E-state index in [2.05, 4.69) is 0 Å². The third kappa shape index (κ3) is 5.28. The Labute approximate surface area is 283 Å². The molecule has 1 unspecified atom stereocenters. The molecule has 0 amide bonds. The summed E-state index contributed by atoms with van der Waals surface area (Å²) in [6.45, 7) is 10.5. The predicted octanol–water partition coefficient (Wildman–Crippen LogP) is 6.57. The molecular weight excluding hydrogens is 638 g/mol. The zero-order valence-electron chi connectivity index (χ0n) is 28.7. The first-order valence-corrected chi connectivity index (χ1v) is 16.4. The highest BCUT2D eigenvalue weighted by Crippen LogP contribution is 2.65. The molecule has 262 valence electrons. The van der Waals surface area contributed by atoms with E-state index in [4.69, 9.17) is 4.74 Å². The summed E-state index contributed by atoms with van der Waals surface area (Å²) in [7, 11) is 0. The maximum Gasteiger partial charge on any atom is 0.302 e. The molecule has 0 saturated carbocycles. The third-order valence-corrected chi connectivity index (χ3v) is 10.7. The molecular formula is C38H42F2O9. The van der Waals surface area contributed by atoms with Gasteiger partial charge in [-0.1, -0.05) is 39.8 Å². The molecule has 3 aliphatic carbocycles. The van der Waals surface area contributed by atoms with Crippen molar-refractivity contribution < 1.29 is 53.1 Å². The van der Waals surface area contributed by atoms with Crippen molar-refractivity contribution in [3.8, 4) is 22.6 Å². The van der Waals surface area contributed by atoms with Crippen LogP contribution in [0, 0.1) is 22.7 Å². The van der Waals surface area contributed by atoms with Crippen LogP contribution in [0.25, 0.3) is 11.1 Å². The largest absolute Gasteiger partial charge is 0.511 e. The van der Waals surface area contributed by atoms with E-state index in [1.54, 1.807) is 58.9 Å². The highest BCUT2D eigenvalue weighted by atomic mass is 19.3. The van der Waals surface area contributed by atoms with Crippen LogP contribution in [0.15, 0.2) is 53.0 Å². The maximum atomic E-state index is 14.4. The number of aliphatic hydroxyl groups excluding tert-OH is 2. The van der Waals surface area contributed by atoms with Crippen molar-refractivity contribution in [3.63, 3.8) is 0 Å². The lowest BCUT2D eigenvalue weighted by Crippen LogP contribution is -2.67. The quantitative estimate of drug-likeness (QED) is 0.215. The maximum absolute atomic E-state index is 14.4. The van der Waals surface area contributed by atoms with Crippen molar-refractivity contribution in [1.82, 2.24) is 0 Å². The predicted molar refractivity (Wildman–Crippen MR) is 176 cm³/mol. The normalized spacial score (nSPS) is 26.8. The van der Waals surface area contributed by atoms with Crippen LogP contribution in [0.3, 0.4) is 0 Å². The summed E-state index contributed by atoms with van der Waals surface area (Å²) in [4.78, 5) is 53.0. The van der Waals surface area contributed by atoms with Crippen LogP contribution in [0.4, 0.5) is 8.78 Å². The standard InChI is InChI=1S/C38H42F2O9/c1-8-49-25-13-9-20(15-21(25)10-14-26(43)37(7,39)40)22-11-12-24(42)28-23(22)16-35(5)17-36(6)29(18(2)3)31(44)27(19(4)41)33(46)38(36,48)34(47)30(35)32(28)45/h9,11-13,15,18,29,42,44,47-48H,8,10,14,16-17H2,1-7H3/t29?,35-,36-,38+/m1/s1. The molecule has 2 aromatic carbocycles. The van der Waals surface area contributed by atoms with Crippen molar-refractivity contribution in [2.75, 3.05) is 6.61 Å². The molecule has 0 radical (unpaired) electrons. The number of halogens is 2. The second-order valence-corrected chi connectivity index (χ2v) is 14.5. The lowest BCUT2D eigenvalue weighted by Gasteiger charge is -2.59. The number of rotatable bonds is 9. The first-order chi connectivity index (χ1) is 22.7. The molecule has 5 rings (SSSR count). The summed E-state index contributed by atoms with van der Waals surface area (Å²) in [6, 6.07) is 7.97. The number of hydrogen-bond acceptors (Lipinski definition) is 9. The Morgan fingerprint density at radius 3 is 2.31 bits per heavy atom. The summed E-state index contributed by atoms with van der Waals surface area (Å²) < 4.78 is 33.1. The molecule has 2 aromatic rings. The number of hydrogen-bond donors (Lipinski definition) is 4. The number of ketones is 4. The van der Waals surface area contributed by atoms with Gasteiger partial charge in [-0.3, -0.25) is 19.2 Å². The number of carbonyl (C=O) groups excluding carboxylic acids is 4. The number of ether oxygens (including phenoxy) is 1. The average Bonchev–Trinajstić information content (AvgIpc) is 2.97. The zero-order valence-corrected chi connectivity index (χ0v) is 28.7. The van der Waals surface area contributed by atoms with Gasteiger partial charge < -0.3 is 25.2 Å². The van der Waals surface area contributed by atoms with Crippen LogP contribution in [0.1, 0.15) is 82.8 Å². The Kier molecular flexibility index (Phi) is 8.72. The number of alkyl halides is 2. The first kappa shape index (κ1) is 35.9. The van der Waals surface area contributed by atoms with Gasteiger partial charge >= 0.3 is 5.92 Å². The van der Waals surface area contributed by atoms with E-state index in [9.17, 15) is 48.4 Å². The second kappa shape index (κ2) is 11.9. The van der Waals surface area contributed by atoms with Crippen LogP contribution >= 0.6 is 0 Å². The molecule has 4 N–H and O–H groups in total. The molecule has 0 aliphatic heterocycles. The van der Waals surface area contributed by atoms with Gasteiger partial charge in [0.1, 0.15) is 28.6 Å². The molecule has 0 bridgehead atoms. The fourth-order valence-corrected chi connectivity index (χ4v) is 8.71. The van der Waals surface area contributed by atoms with Gasteiger partial charge in [-0.25, -0.2) is 0 Å². The number of phenols is 1. The minimum atomic E-state index is -3.49. The monoisotopic (exact) mass is 680 g/mol. The molecule has 0 heterocycles. The summed E-state index contributed by atoms with van der Waals surface area (Å²) in [5.74, 6) is -10.2. The van der Waals surface area contributed by atoms with E-state index < -0.39 is 86.6 Å². The van der Waals surface area contributed by atoms with Crippen LogP contribution in [-0.2, 0) is 27.2 Å². The molecule has 0 aromatic heterocycles. The lowest BCUT2D eigenvalue weighted by atomic mass is 9.44. The van der Waals surface area contributed by atoms with Gasteiger partial charge in [0.15, 0.2) is 17.2 Å². The van der Waals surface area contributed by atoms with Gasteiger partial charge in [-0.15, -0.1) is 0 Å². The van der Waals surface area contributed by atoms with Crippen molar-refractivity contribution in [1.29, 1.82) is 0 Å². The van der Waals surface area contributed by atoms with E-state index in [1.807, 2.05) is 0 Å². The van der Waals surface area contributed by atoms with E-state index in [0.717, 1.165) is 6.92 Å². The Hall–Kier alpha value is -4.38. The smallest absolute Gasteiger partial charge is 0.302 e. The Bertz CT molecular complexity index is 1870. The number of aromatic hydroxyl groups is 1. The van der Waals surface area contributed by atoms with E-state index in [0.29, 0.717) is 34.9 Å². The van der Waals surface area contributed by atoms with Crippen LogP contribution in [0.5, 0.6) is 11.5 Å². The number of carbonyl (C=O) groups is 4. The number of aryl methyl sites for hydroxylation is 1. The third-order valence-electron chi connectivity index (χ3n) is 10.7. The van der Waals surface area contributed by atoms with Crippen LogP contribution in [0.2, 0.25) is 0 Å². The lowest BCUT2D eigenvalue weighted by molar-refractivity contribution is -0.171. The second-order valence-electron chi connectivity index (χ2n) is 14.5. The molecule has 3 aliphatic rings. The average molecular weight is 681 g/mol. The van der Waals surface area contributed by atoms with Gasteiger partial charge in [0.25, 0.3) is 0 Å². The number of phenolic OH excluding ortho intramolecular Hbond substituents is 1. The Morgan fingerprint density at radius 1 is 1.08 bits per heavy atom. The SMILES string of the molecule is CCOc1ccc(-c2ccc(O)c3c2C[C@]2(C)C[C@]4(C)C(C(C)C)C(O)=C(C(C)=O)C(=O)[C@]4(O)C(O)=C2C3=O)cc1CCC(=O)C(C)(F)F. The summed E-state index contributed by atoms with van der Waals surface area (Å²) in [6.07, 6.45) is -0.491. The van der Waals surface area contributed by atoms with E-state index >= 15 is 0 Å². The molecule has 0 saturated heterocycles. The van der Waals surface area contributed by atoms with Crippen molar-refractivity contribution in [2.45, 2.75) is 85.7 Å². The Morgan fingerprint density at radius 2 is 1.73 bits per heavy atom. The molecule has 11 heteroatoms. The van der Waals surface area contributed by atoms with Gasteiger partial charge in [-0.2, -0.15) is 8.78 Å². The summed E-state index contributed by atoms with van der Waals surface area (Å²) >= 11 is 0. The highest BCUT2D eigenvalue weighted by molar-refractivity contribution is 6.25. The fourth-order valence-electron chi connectivity index (χ4n) is 8.71. The number of Topliss-reactive ketones (excluding diaryl/α,β-unsaturated/α-hetero) is 4. The van der Waals surface area contributed by atoms with Crippen molar-refractivity contribution in [3.05, 3.63) is 69.7 Å².